The Morgan fingerprint density at radius 1 is 1.09 bits per heavy atom. The number of ether oxygens (including phenoxy) is 1. The van der Waals surface area contributed by atoms with Gasteiger partial charge in [0.05, 0.1) is 12.2 Å². The number of carbonyl (C=O) groups is 1. The summed E-state index contributed by atoms with van der Waals surface area (Å²) >= 11 is 7.17. The van der Waals surface area contributed by atoms with E-state index in [0.717, 1.165) is 42.3 Å². The molecule has 0 bridgehead atoms. The summed E-state index contributed by atoms with van der Waals surface area (Å²) in [6, 6.07) is 19.1. The van der Waals surface area contributed by atoms with E-state index in [2.05, 4.69) is 15.1 Å². The molecule has 2 aromatic carbocycles. The third-order valence-electron chi connectivity index (χ3n) is 5.27. The summed E-state index contributed by atoms with van der Waals surface area (Å²) in [4.78, 5) is 17.9. The van der Waals surface area contributed by atoms with Gasteiger partial charge < -0.3 is 25.0 Å². The predicted octanol–water partition coefficient (Wildman–Crippen LogP) is 4.82. The average Bonchev–Trinajstić information content (AvgIpc) is 3.24. The minimum absolute atomic E-state index is 0.264. The first-order chi connectivity index (χ1) is 15.5. The molecule has 32 heavy (non-hydrogen) atoms. The largest absolute Gasteiger partial charge is 0.508 e. The number of hydrogen-bond acceptors (Lipinski definition) is 6. The lowest BCUT2D eigenvalue weighted by molar-refractivity contribution is 0.0528. The molecule has 0 amide bonds. The van der Waals surface area contributed by atoms with Crippen molar-refractivity contribution in [2.45, 2.75) is 6.92 Å². The van der Waals surface area contributed by atoms with Gasteiger partial charge in [-0.3, -0.25) is 0 Å². The molecule has 1 aliphatic rings. The molecule has 3 aromatic rings. The topological polar surface area (TPSA) is 65.0 Å². The molecule has 6 nitrogen and oxygen atoms in total. The van der Waals surface area contributed by atoms with Gasteiger partial charge in [0.25, 0.3) is 0 Å². The van der Waals surface area contributed by atoms with Crippen LogP contribution in [0.25, 0.3) is 10.4 Å². The lowest BCUT2D eigenvalue weighted by Gasteiger charge is -2.37. The molecule has 1 saturated heterocycles. The summed E-state index contributed by atoms with van der Waals surface area (Å²) in [5.41, 5.74) is 2.54. The van der Waals surface area contributed by atoms with Gasteiger partial charge in [-0.2, -0.15) is 0 Å². The summed E-state index contributed by atoms with van der Waals surface area (Å²) in [7, 11) is 0. The van der Waals surface area contributed by atoms with Crippen LogP contribution in [0.2, 0.25) is 0 Å². The second-order valence-corrected chi connectivity index (χ2v) is 8.80. The number of thiophene rings is 1. The minimum Gasteiger partial charge on any atom is -0.508 e. The molecule has 1 aromatic heterocycles. The maximum absolute atomic E-state index is 12.6. The molecule has 166 valence electrons. The van der Waals surface area contributed by atoms with Crippen molar-refractivity contribution in [3.05, 3.63) is 66.2 Å². The first kappa shape index (κ1) is 22.1. The Balaban J connectivity index is 1.46. The highest BCUT2D eigenvalue weighted by atomic mass is 32.1. The fourth-order valence-electron chi connectivity index (χ4n) is 3.62. The smallest absolute Gasteiger partial charge is 0.341 e. The molecular weight excluding hydrogens is 442 g/mol. The van der Waals surface area contributed by atoms with Crippen LogP contribution in [-0.2, 0) is 4.74 Å². The van der Waals surface area contributed by atoms with E-state index in [4.69, 9.17) is 17.0 Å². The summed E-state index contributed by atoms with van der Waals surface area (Å²) in [6.45, 7) is 5.17. The van der Waals surface area contributed by atoms with Gasteiger partial charge in [-0.05, 0) is 42.9 Å². The van der Waals surface area contributed by atoms with Crippen LogP contribution in [0, 0.1) is 0 Å². The number of anilines is 2. The standard InChI is InChI=1S/C24H25N3O3S2/c1-2-30-23(29)20-16-21(17-7-4-3-5-8-17)32-22(20)25-24(31)27-13-11-26(12-14-27)18-9-6-10-19(28)15-18/h3-10,15-16,28H,2,11-14H2,1H3,(H,25,31). The Morgan fingerprint density at radius 3 is 2.53 bits per heavy atom. The number of benzene rings is 2. The summed E-state index contributed by atoms with van der Waals surface area (Å²) < 4.78 is 5.26. The van der Waals surface area contributed by atoms with Crippen molar-refractivity contribution in [2.24, 2.45) is 0 Å². The lowest BCUT2D eigenvalue weighted by Crippen LogP contribution is -2.50. The van der Waals surface area contributed by atoms with Gasteiger partial charge in [-0.25, -0.2) is 4.79 Å². The minimum atomic E-state index is -0.357. The van der Waals surface area contributed by atoms with Crippen LogP contribution in [0.15, 0.2) is 60.7 Å². The zero-order valence-electron chi connectivity index (χ0n) is 17.8. The molecule has 0 saturated carbocycles. The molecule has 1 aliphatic heterocycles. The molecule has 0 spiro atoms. The number of thiocarbonyl (C=S) groups is 1. The van der Waals surface area contributed by atoms with Gasteiger partial charge in [-0.15, -0.1) is 11.3 Å². The number of carbonyl (C=O) groups excluding carboxylic acids is 1. The Kier molecular flexibility index (Phi) is 6.92. The normalized spacial score (nSPS) is 13.7. The fraction of sp³-hybridized carbons (Fsp3) is 0.250. The van der Waals surface area contributed by atoms with E-state index >= 15 is 0 Å². The molecular formula is C24H25N3O3S2. The van der Waals surface area contributed by atoms with E-state index in [1.165, 1.54) is 11.3 Å². The Hall–Kier alpha value is -3.10. The number of phenolic OH excluding ortho intramolecular Hbond substituents is 1. The van der Waals surface area contributed by atoms with E-state index in [1.807, 2.05) is 48.5 Å². The average molecular weight is 468 g/mol. The number of aromatic hydroxyl groups is 1. The number of piperazine rings is 1. The summed E-state index contributed by atoms with van der Waals surface area (Å²) in [6.07, 6.45) is 0. The third kappa shape index (κ3) is 5.03. The zero-order valence-corrected chi connectivity index (χ0v) is 19.4. The van der Waals surface area contributed by atoms with Crippen molar-refractivity contribution in [1.29, 1.82) is 0 Å². The number of nitrogens with one attached hydrogen (secondary N) is 1. The van der Waals surface area contributed by atoms with Gasteiger partial charge in [0, 0.05) is 42.8 Å². The third-order valence-corrected chi connectivity index (χ3v) is 6.73. The van der Waals surface area contributed by atoms with Gasteiger partial charge in [0.1, 0.15) is 10.8 Å². The molecule has 1 fully saturated rings. The quantitative estimate of drug-likeness (QED) is 0.412. The first-order valence-corrected chi connectivity index (χ1v) is 11.7. The number of phenols is 1. The van der Waals surface area contributed by atoms with Crippen LogP contribution < -0.4 is 10.2 Å². The lowest BCUT2D eigenvalue weighted by atomic mass is 10.1. The number of esters is 1. The number of rotatable bonds is 5. The van der Waals surface area contributed by atoms with Crippen molar-refractivity contribution < 1.29 is 14.6 Å². The Bertz CT molecular complexity index is 1090. The Morgan fingerprint density at radius 2 is 1.84 bits per heavy atom. The van der Waals surface area contributed by atoms with E-state index in [1.54, 1.807) is 19.1 Å². The molecule has 8 heteroatoms. The highest BCUT2D eigenvalue weighted by Gasteiger charge is 2.23. The molecule has 0 radical (unpaired) electrons. The monoisotopic (exact) mass is 467 g/mol. The van der Waals surface area contributed by atoms with Crippen LogP contribution in [0.1, 0.15) is 17.3 Å². The second-order valence-electron chi connectivity index (χ2n) is 7.36. The summed E-state index contributed by atoms with van der Waals surface area (Å²) in [5, 5.41) is 14.3. The number of nitrogens with zero attached hydrogens (tertiary/aromatic N) is 2. The number of hydrogen-bond donors (Lipinski definition) is 2. The molecule has 4 rings (SSSR count). The van der Waals surface area contributed by atoms with E-state index in [0.29, 0.717) is 22.3 Å². The Labute approximate surface area is 197 Å². The molecule has 2 N–H and O–H groups in total. The van der Waals surface area contributed by atoms with Crippen LogP contribution in [0.5, 0.6) is 5.75 Å². The van der Waals surface area contributed by atoms with Crippen molar-refractivity contribution in [2.75, 3.05) is 43.0 Å². The van der Waals surface area contributed by atoms with Crippen molar-refractivity contribution in [3.8, 4) is 16.2 Å². The highest BCUT2D eigenvalue weighted by Crippen LogP contribution is 2.36. The fourth-order valence-corrected chi connectivity index (χ4v) is 5.02. The second kappa shape index (κ2) is 10.0. The molecule has 2 heterocycles. The molecule has 0 aliphatic carbocycles. The maximum Gasteiger partial charge on any atom is 0.341 e. The van der Waals surface area contributed by atoms with E-state index < -0.39 is 0 Å². The van der Waals surface area contributed by atoms with Crippen molar-refractivity contribution >= 4 is 45.3 Å². The van der Waals surface area contributed by atoms with Crippen LogP contribution in [0.3, 0.4) is 0 Å². The van der Waals surface area contributed by atoms with E-state index in [-0.39, 0.29) is 11.7 Å². The molecule has 0 atom stereocenters. The van der Waals surface area contributed by atoms with Crippen molar-refractivity contribution in [1.82, 2.24) is 4.90 Å². The molecule has 0 unspecified atom stereocenters. The van der Waals surface area contributed by atoms with Gasteiger partial charge in [-0.1, -0.05) is 36.4 Å². The van der Waals surface area contributed by atoms with Gasteiger partial charge >= 0.3 is 5.97 Å². The van der Waals surface area contributed by atoms with Crippen LogP contribution in [0.4, 0.5) is 10.7 Å². The predicted molar refractivity (Wildman–Crippen MR) is 134 cm³/mol. The highest BCUT2D eigenvalue weighted by molar-refractivity contribution is 7.80. The van der Waals surface area contributed by atoms with Crippen LogP contribution >= 0.6 is 23.6 Å². The SMILES string of the molecule is CCOC(=O)c1cc(-c2ccccc2)sc1NC(=S)N1CCN(c2cccc(O)c2)CC1. The van der Waals surface area contributed by atoms with Crippen molar-refractivity contribution in [3.63, 3.8) is 0 Å². The first-order valence-electron chi connectivity index (χ1n) is 10.5. The van der Waals surface area contributed by atoms with Gasteiger partial charge in [0.15, 0.2) is 5.11 Å². The maximum atomic E-state index is 12.6. The zero-order chi connectivity index (χ0) is 22.5. The summed E-state index contributed by atoms with van der Waals surface area (Å²) in [5.74, 6) is -0.0922. The van der Waals surface area contributed by atoms with E-state index in [9.17, 15) is 9.90 Å². The van der Waals surface area contributed by atoms with Gasteiger partial charge in [0.2, 0.25) is 0 Å². The van der Waals surface area contributed by atoms with Crippen LogP contribution in [-0.4, -0.2) is 53.9 Å².